The molecule has 0 spiro atoms. The molecule has 6 unspecified atom stereocenters. The number of methoxy groups -OCH3 is 1. The third-order valence-corrected chi connectivity index (χ3v) is 19.0. The molecular weight excluding hydrogens is 771 g/mol. The zero-order chi connectivity index (χ0) is 43.0. The van der Waals surface area contributed by atoms with Crippen LogP contribution in [0, 0.1) is 52.8 Å². The van der Waals surface area contributed by atoms with Crippen LogP contribution < -0.4 is 10.6 Å². The Kier molecular flexibility index (Phi) is 15.6. The Bertz CT molecular complexity index is 1520. The van der Waals surface area contributed by atoms with Crippen molar-refractivity contribution in [2.45, 2.75) is 159 Å². The molecule has 7 aliphatic rings. The minimum atomic E-state index is -3.35. The van der Waals surface area contributed by atoms with Crippen LogP contribution in [0.5, 0.6) is 0 Å². The molecular formula is C45H81N5O8S. The van der Waals surface area contributed by atoms with E-state index in [-0.39, 0.29) is 71.3 Å². The molecule has 1 heterocycles. The Labute approximate surface area is 356 Å². The number of likely N-dealkylation sites (N-methyl/N-ethyl adjacent to an activating group) is 1. The van der Waals surface area contributed by atoms with E-state index < -0.39 is 40.0 Å². The maximum atomic E-state index is 14.4. The highest BCUT2D eigenvalue weighted by Crippen LogP contribution is 2.61. The van der Waals surface area contributed by atoms with Gasteiger partial charge in [0, 0.05) is 50.0 Å². The highest BCUT2D eigenvalue weighted by Gasteiger charge is 2.58. The van der Waals surface area contributed by atoms with Crippen molar-refractivity contribution >= 4 is 21.7 Å². The fourth-order valence-electron chi connectivity index (χ4n) is 13.2. The minimum absolute atomic E-state index is 0.0321. The first-order valence-electron chi connectivity index (χ1n) is 23.2. The number of hydrogen-bond acceptors (Lipinski definition) is 11. The van der Waals surface area contributed by atoms with E-state index in [4.69, 9.17) is 9.57 Å². The zero-order valence-electron chi connectivity index (χ0n) is 37.9. The Hall–Kier alpha value is -1.39. The molecule has 15 atom stereocenters. The molecule has 340 valence electrons. The van der Waals surface area contributed by atoms with Crippen LogP contribution in [0.1, 0.15) is 111 Å². The van der Waals surface area contributed by atoms with Gasteiger partial charge in [0.05, 0.1) is 35.9 Å². The summed E-state index contributed by atoms with van der Waals surface area (Å²) in [4.78, 5) is 39.3. The normalized spacial score (nSPS) is 39.1. The van der Waals surface area contributed by atoms with E-state index in [1.165, 1.54) is 6.42 Å². The number of rotatable bonds is 16. The van der Waals surface area contributed by atoms with Crippen molar-refractivity contribution in [3.8, 4) is 0 Å². The van der Waals surface area contributed by atoms with Crippen LogP contribution in [0.15, 0.2) is 0 Å². The summed E-state index contributed by atoms with van der Waals surface area (Å²) in [6, 6.07) is -0.977. The molecule has 14 heteroatoms. The van der Waals surface area contributed by atoms with Gasteiger partial charge >= 0.3 is 0 Å². The molecule has 0 aromatic carbocycles. The molecule has 6 saturated carbocycles. The summed E-state index contributed by atoms with van der Waals surface area (Å²) in [5.41, 5.74) is 0.292. The van der Waals surface area contributed by atoms with Gasteiger partial charge in [0.1, 0.15) is 12.1 Å². The number of nitrogens with one attached hydrogen (secondary N) is 2. The van der Waals surface area contributed by atoms with Crippen molar-refractivity contribution in [1.82, 2.24) is 25.5 Å². The molecule has 1 aliphatic heterocycles. The second kappa shape index (κ2) is 19.6. The average Bonchev–Trinajstić information content (AvgIpc) is 3.56. The predicted molar refractivity (Wildman–Crippen MR) is 230 cm³/mol. The van der Waals surface area contributed by atoms with Crippen LogP contribution in [0.2, 0.25) is 0 Å². The van der Waals surface area contributed by atoms with Crippen LogP contribution >= 0.6 is 0 Å². The topological polar surface area (TPSA) is 161 Å². The number of fused-ring (bicyclic) bond motifs is 2. The van der Waals surface area contributed by atoms with E-state index in [9.17, 15) is 28.2 Å². The first-order chi connectivity index (χ1) is 27.9. The summed E-state index contributed by atoms with van der Waals surface area (Å²) < 4.78 is 33.6. The van der Waals surface area contributed by atoms with Crippen molar-refractivity contribution < 1.29 is 37.8 Å². The molecule has 0 radical (unpaired) electrons. The van der Waals surface area contributed by atoms with Gasteiger partial charge in [-0.2, -0.15) is 5.06 Å². The second-order valence-corrected chi connectivity index (χ2v) is 23.5. The number of aliphatic hydroxyl groups excluding tert-OH is 2. The van der Waals surface area contributed by atoms with Crippen molar-refractivity contribution in [3.05, 3.63) is 0 Å². The quantitative estimate of drug-likeness (QED) is 0.179. The summed E-state index contributed by atoms with van der Waals surface area (Å²) in [7, 11) is 6.42. The van der Waals surface area contributed by atoms with Gasteiger partial charge in [-0.05, 0) is 128 Å². The van der Waals surface area contributed by atoms with Crippen LogP contribution in [0.3, 0.4) is 0 Å². The van der Waals surface area contributed by atoms with E-state index in [0.717, 1.165) is 51.4 Å². The second-order valence-electron chi connectivity index (χ2n) is 21.2. The molecule has 0 aromatic heterocycles. The highest BCUT2D eigenvalue weighted by atomic mass is 32.2. The summed E-state index contributed by atoms with van der Waals surface area (Å²) in [6.45, 7) is 9.24. The molecule has 13 nitrogen and oxygen atoms in total. The summed E-state index contributed by atoms with van der Waals surface area (Å²) in [5, 5.41) is 29.6. The molecule has 2 bridgehead atoms. The third-order valence-electron chi connectivity index (χ3n) is 16.6. The molecule has 1 saturated heterocycles. The van der Waals surface area contributed by atoms with Crippen molar-refractivity contribution in [3.63, 3.8) is 0 Å². The smallest absolute Gasteiger partial charge is 0.240 e. The third kappa shape index (κ3) is 10.4. The van der Waals surface area contributed by atoms with Gasteiger partial charge in [0.25, 0.3) is 0 Å². The monoisotopic (exact) mass is 852 g/mol. The number of amides is 2. The number of nitrogens with zero attached hydrogens (tertiary/aromatic N) is 3. The lowest BCUT2D eigenvalue weighted by Gasteiger charge is -2.62. The molecule has 7 rings (SSSR count). The van der Waals surface area contributed by atoms with E-state index in [0.29, 0.717) is 61.9 Å². The van der Waals surface area contributed by atoms with Gasteiger partial charge < -0.3 is 35.4 Å². The minimum Gasteiger partial charge on any atom is -0.394 e. The van der Waals surface area contributed by atoms with Crippen LogP contribution in [0.25, 0.3) is 0 Å². The van der Waals surface area contributed by atoms with Gasteiger partial charge in [-0.1, -0.05) is 46.5 Å². The number of carbonyl (C=O) groups excluding carboxylic acids is 2. The molecule has 6 aliphatic carbocycles. The Balaban J connectivity index is 1.16. The lowest BCUT2D eigenvalue weighted by Crippen LogP contribution is -2.62. The Morgan fingerprint density at radius 1 is 0.966 bits per heavy atom. The van der Waals surface area contributed by atoms with Crippen LogP contribution in [-0.2, 0) is 29.0 Å². The van der Waals surface area contributed by atoms with E-state index in [1.54, 1.807) is 19.1 Å². The largest absolute Gasteiger partial charge is 0.394 e. The van der Waals surface area contributed by atoms with Gasteiger partial charge in [0.15, 0.2) is 9.84 Å². The first kappa shape index (κ1) is 47.1. The van der Waals surface area contributed by atoms with E-state index in [1.807, 2.05) is 19.0 Å². The van der Waals surface area contributed by atoms with Gasteiger partial charge in [-0.15, -0.1) is 0 Å². The standard InChI is InChI=1S/C45H81N5O8S/c1-27-37-21-32(45(37,3)4)22-38(27)47-44(54)41-40(28(2)52)39(25-51)58-50(41)23-29-14-13-17-36(42(29)57-9)30-18-31(20-34(19-30)49(7)8)43(53)46-33(24-48(5)6)26-59(55,56)35-15-11-10-12-16-35/h27-42,51-52H,10-26H2,1-9H3,(H,46,53)(H,47,54)/t27-,28-,29?,30?,31?,32+,33+,34?,36?,37-,38+,39-,40+,41-,42?/m0/s1. The molecule has 4 N–H and O–H groups in total. The molecule has 2 amide bonds. The Morgan fingerprint density at radius 2 is 1.68 bits per heavy atom. The fourth-order valence-corrected chi connectivity index (χ4v) is 15.2. The number of hydrogen-bond donors (Lipinski definition) is 4. The molecule has 59 heavy (non-hydrogen) atoms. The molecule has 0 aromatic rings. The number of sulfone groups is 1. The first-order valence-corrected chi connectivity index (χ1v) is 25.0. The van der Waals surface area contributed by atoms with E-state index in [2.05, 4.69) is 50.4 Å². The van der Waals surface area contributed by atoms with Gasteiger partial charge in [-0.25, -0.2) is 8.42 Å². The molecule has 7 fully saturated rings. The van der Waals surface area contributed by atoms with Crippen LogP contribution in [-0.4, -0.2) is 154 Å². The number of aliphatic hydroxyl groups is 2. The highest BCUT2D eigenvalue weighted by molar-refractivity contribution is 7.92. The number of carbonyl (C=O) groups is 2. The summed E-state index contributed by atoms with van der Waals surface area (Å²) in [5.74, 6) is 0.851. The number of hydroxylamine groups is 2. The van der Waals surface area contributed by atoms with Gasteiger partial charge in [-0.3, -0.25) is 14.4 Å². The van der Waals surface area contributed by atoms with Gasteiger partial charge in [0.2, 0.25) is 11.8 Å². The maximum absolute atomic E-state index is 14.4. The number of ether oxygens (including phenoxy) is 1. The zero-order valence-corrected chi connectivity index (χ0v) is 38.7. The summed E-state index contributed by atoms with van der Waals surface area (Å²) >= 11 is 0. The SMILES string of the molecule is COC1C(CN2O[C@@H](CO)[C@@H]([C@H](C)O)[C@H]2C(=O)N[C@@H]2C[C@H]3C[C@@H]([C@@H]2C)C3(C)C)CCCC1C1CC(C(=O)N[C@H](CN(C)C)CS(=O)(=O)C2CCCCC2)CC(N(C)C)C1. The average molecular weight is 852 g/mol. The summed E-state index contributed by atoms with van der Waals surface area (Å²) in [6.07, 6.45) is 10.1. The lowest BCUT2D eigenvalue weighted by atomic mass is 9.45. The Morgan fingerprint density at radius 3 is 2.27 bits per heavy atom. The fraction of sp³-hybridized carbons (Fsp3) is 0.956. The van der Waals surface area contributed by atoms with Crippen LogP contribution in [0.4, 0.5) is 0 Å². The van der Waals surface area contributed by atoms with Crippen molar-refractivity contribution in [1.29, 1.82) is 0 Å². The maximum Gasteiger partial charge on any atom is 0.240 e. The predicted octanol–water partition coefficient (Wildman–Crippen LogP) is 3.72. The van der Waals surface area contributed by atoms with Crippen molar-refractivity contribution in [2.24, 2.45) is 52.8 Å². The lowest BCUT2D eigenvalue weighted by molar-refractivity contribution is -0.193. The van der Waals surface area contributed by atoms with Crippen molar-refractivity contribution in [2.75, 3.05) is 60.7 Å². The van der Waals surface area contributed by atoms with E-state index >= 15 is 0 Å².